The molecule has 0 unspecified atom stereocenters. The van der Waals surface area contributed by atoms with Gasteiger partial charge in [0.1, 0.15) is 6.33 Å². The minimum Gasteiger partial charge on any atom is -0.490 e. The second kappa shape index (κ2) is 5.64. The van der Waals surface area contributed by atoms with Gasteiger partial charge in [-0.05, 0) is 0 Å². The monoisotopic (exact) mass is 261 g/mol. The van der Waals surface area contributed by atoms with Crippen LogP contribution in [0.25, 0.3) is 0 Å². The fourth-order valence-corrected chi connectivity index (χ4v) is 1.57. The van der Waals surface area contributed by atoms with E-state index >= 15 is 0 Å². The van der Waals surface area contributed by atoms with Gasteiger partial charge >= 0.3 is 0 Å². The molecule has 1 aromatic rings. The normalized spacial score (nSPS) is 11.0. The third-order valence-corrected chi connectivity index (χ3v) is 2.70. The van der Waals surface area contributed by atoms with E-state index in [1.165, 1.54) is 13.4 Å². The minimum absolute atomic E-state index is 0.148. The molecule has 1 rings (SSSR count). The van der Waals surface area contributed by atoms with Gasteiger partial charge in [-0.1, -0.05) is 0 Å². The average Bonchev–Trinajstić information content (AvgIpc) is 2.27. The van der Waals surface area contributed by atoms with E-state index in [-0.39, 0.29) is 12.3 Å². The first-order chi connectivity index (χ1) is 7.98. The zero-order chi connectivity index (χ0) is 12.9. The molecule has 17 heavy (non-hydrogen) atoms. The number of nitrogens with zero attached hydrogens (tertiary/aromatic N) is 2. The third kappa shape index (κ3) is 4.04. The van der Waals surface area contributed by atoms with E-state index in [0.717, 1.165) is 0 Å². The van der Waals surface area contributed by atoms with Gasteiger partial charge in [0.15, 0.2) is 11.6 Å². The van der Waals surface area contributed by atoms with Gasteiger partial charge in [-0.2, -0.15) is 0 Å². The summed E-state index contributed by atoms with van der Waals surface area (Å²) in [6.07, 6.45) is 1.34. The molecule has 9 heteroatoms. The number of nitrogens with one attached hydrogen (secondary N) is 2. The highest BCUT2D eigenvalue weighted by Crippen LogP contribution is 2.27. The first kappa shape index (κ1) is 13.5. The van der Waals surface area contributed by atoms with Crippen LogP contribution in [0.2, 0.25) is 0 Å². The number of hydrogen-bond acceptors (Lipinski definition) is 7. The zero-order valence-electron chi connectivity index (χ0n) is 9.60. The molecule has 0 atom stereocenters. The van der Waals surface area contributed by atoms with Gasteiger partial charge in [0.2, 0.25) is 15.8 Å². The van der Waals surface area contributed by atoms with Crippen LogP contribution in [0.1, 0.15) is 0 Å². The first-order valence-corrected chi connectivity index (χ1v) is 6.50. The fourth-order valence-electron chi connectivity index (χ4n) is 1.18. The van der Waals surface area contributed by atoms with E-state index < -0.39 is 10.0 Å². The lowest BCUT2D eigenvalue weighted by atomic mass is 10.4. The van der Waals surface area contributed by atoms with E-state index in [0.29, 0.717) is 17.4 Å². The summed E-state index contributed by atoms with van der Waals surface area (Å²) >= 11 is 0. The van der Waals surface area contributed by atoms with Crippen LogP contribution in [0.15, 0.2) is 6.33 Å². The molecule has 1 aromatic heterocycles. The largest absolute Gasteiger partial charge is 0.490 e. The molecular formula is C8H15N5O3S. The van der Waals surface area contributed by atoms with Crippen LogP contribution in [0.3, 0.4) is 0 Å². The van der Waals surface area contributed by atoms with E-state index in [2.05, 4.69) is 20.6 Å². The van der Waals surface area contributed by atoms with Gasteiger partial charge in [0.05, 0.1) is 12.9 Å². The topological polar surface area (TPSA) is 119 Å². The molecule has 0 saturated heterocycles. The number of rotatable bonds is 6. The fraction of sp³-hybridized carbons (Fsp3) is 0.500. The molecule has 0 fully saturated rings. The van der Waals surface area contributed by atoms with Crippen LogP contribution in [-0.2, 0) is 10.0 Å². The van der Waals surface area contributed by atoms with Crippen LogP contribution in [0.5, 0.6) is 5.75 Å². The molecule has 0 saturated carbocycles. The van der Waals surface area contributed by atoms with Crippen LogP contribution in [0, 0.1) is 0 Å². The highest BCUT2D eigenvalue weighted by Gasteiger charge is 2.11. The van der Waals surface area contributed by atoms with Gasteiger partial charge in [0.25, 0.3) is 0 Å². The number of hydrogen-bond donors (Lipinski definition) is 3. The molecule has 0 aromatic carbocycles. The van der Waals surface area contributed by atoms with Crippen molar-refractivity contribution in [3.05, 3.63) is 6.33 Å². The lowest BCUT2D eigenvalue weighted by molar-refractivity contribution is 0.415. The Hall–Kier alpha value is -1.61. The second-order valence-electron chi connectivity index (χ2n) is 3.15. The number of nitrogens with two attached hydrogens (primary N) is 1. The Kier molecular flexibility index (Phi) is 4.46. The highest BCUT2D eigenvalue weighted by molar-refractivity contribution is 7.89. The van der Waals surface area contributed by atoms with Crippen LogP contribution in [0.4, 0.5) is 11.6 Å². The van der Waals surface area contributed by atoms with Crippen molar-refractivity contribution in [3.8, 4) is 5.75 Å². The third-order valence-electron chi connectivity index (χ3n) is 1.92. The van der Waals surface area contributed by atoms with Crippen molar-refractivity contribution in [2.75, 3.05) is 37.1 Å². The Morgan fingerprint density at radius 1 is 1.41 bits per heavy atom. The number of ether oxygens (including phenoxy) is 1. The number of primary sulfonamides is 1. The van der Waals surface area contributed by atoms with E-state index in [9.17, 15) is 8.42 Å². The molecular weight excluding hydrogens is 246 g/mol. The molecule has 8 nitrogen and oxygen atoms in total. The van der Waals surface area contributed by atoms with Crippen LogP contribution in [-0.4, -0.2) is 44.8 Å². The average molecular weight is 261 g/mol. The summed E-state index contributed by atoms with van der Waals surface area (Å²) in [7, 11) is -0.322. The Labute approximate surface area is 99.6 Å². The maximum atomic E-state index is 10.8. The molecule has 0 aliphatic heterocycles. The summed E-state index contributed by atoms with van der Waals surface area (Å²) in [5.74, 6) is 1.16. The Bertz CT molecular complexity index is 476. The van der Waals surface area contributed by atoms with Crippen molar-refractivity contribution in [2.24, 2.45) is 5.14 Å². The predicted octanol–water partition coefficient (Wildman–Crippen LogP) is -0.773. The second-order valence-corrected chi connectivity index (χ2v) is 4.88. The first-order valence-electron chi connectivity index (χ1n) is 4.79. The smallest absolute Gasteiger partial charge is 0.210 e. The Morgan fingerprint density at radius 2 is 2.06 bits per heavy atom. The minimum atomic E-state index is -3.49. The quantitative estimate of drug-likeness (QED) is 0.615. The molecule has 0 spiro atoms. The van der Waals surface area contributed by atoms with Gasteiger partial charge in [-0.25, -0.2) is 23.5 Å². The summed E-state index contributed by atoms with van der Waals surface area (Å²) in [6.45, 7) is 0.148. The molecule has 96 valence electrons. The van der Waals surface area contributed by atoms with Crippen molar-refractivity contribution in [3.63, 3.8) is 0 Å². The Morgan fingerprint density at radius 3 is 2.59 bits per heavy atom. The number of sulfonamides is 1. The maximum absolute atomic E-state index is 10.8. The SMILES string of the molecule is CNc1ncnc(NCCS(N)(=O)=O)c1OC. The summed E-state index contributed by atoms with van der Waals surface area (Å²) in [5, 5.41) is 10.5. The maximum Gasteiger partial charge on any atom is 0.210 e. The summed E-state index contributed by atoms with van der Waals surface area (Å²) in [5.41, 5.74) is 0. The molecule has 0 aliphatic rings. The lowest BCUT2D eigenvalue weighted by Gasteiger charge is -2.12. The summed E-state index contributed by atoms with van der Waals surface area (Å²) < 4.78 is 26.6. The molecule has 4 N–H and O–H groups in total. The van der Waals surface area contributed by atoms with Gasteiger partial charge in [-0.15, -0.1) is 0 Å². The molecule has 0 radical (unpaired) electrons. The van der Waals surface area contributed by atoms with Crippen molar-refractivity contribution >= 4 is 21.7 Å². The van der Waals surface area contributed by atoms with Crippen molar-refractivity contribution < 1.29 is 13.2 Å². The highest BCUT2D eigenvalue weighted by atomic mass is 32.2. The zero-order valence-corrected chi connectivity index (χ0v) is 10.4. The van der Waals surface area contributed by atoms with Crippen molar-refractivity contribution in [1.82, 2.24) is 9.97 Å². The van der Waals surface area contributed by atoms with E-state index in [4.69, 9.17) is 9.88 Å². The number of anilines is 2. The van der Waals surface area contributed by atoms with E-state index in [1.807, 2.05) is 0 Å². The van der Waals surface area contributed by atoms with Gasteiger partial charge < -0.3 is 15.4 Å². The van der Waals surface area contributed by atoms with Crippen LogP contribution < -0.4 is 20.5 Å². The lowest BCUT2D eigenvalue weighted by Crippen LogP contribution is -2.22. The number of aromatic nitrogens is 2. The molecule has 0 amide bonds. The molecule has 0 aliphatic carbocycles. The van der Waals surface area contributed by atoms with Gasteiger partial charge in [-0.3, -0.25) is 0 Å². The predicted molar refractivity (Wildman–Crippen MR) is 64.6 cm³/mol. The standard InChI is InChI=1S/C8H15N5O3S/c1-10-7-6(16-2)8(13-5-12-7)11-3-4-17(9,14)15/h5H,3-4H2,1-2H3,(H2,9,14,15)(H2,10,11,12,13). The summed E-state index contributed by atoms with van der Waals surface area (Å²) in [6, 6.07) is 0. The van der Waals surface area contributed by atoms with Gasteiger partial charge in [0, 0.05) is 13.6 Å². The Balaban J connectivity index is 2.77. The van der Waals surface area contributed by atoms with Crippen LogP contribution >= 0.6 is 0 Å². The molecule has 0 bridgehead atoms. The van der Waals surface area contributed by atoms with Crippen molar-refractivity contribution in [2.45, 2.75) is 0 Å². The number of methoxy groups -OCH3 is 1. The summed E-state index contributed by atoms with van der Waals surface area (Å²) in [4.78, 5) is 7.91. The van der Waals surface area contributed by atoms with Crippen molar-refractivity contribution in [1.29, 1.82) is 0 Å². The molecule has 1 heterocycles. The van der Waals surface area contributed by atoms with E-state index in [1.54, 1.807) is 7.05 Å².